The first-order valence-electron chi connectivity index (χ1n) is 9.11. The molecule has 0 radical (unpaired) electrons. The number of alkyl carbamates (subject to hydrolysis) is 1. The molecular formula is C21H23F3N2O4. The fraction of sp³-hybridized carbons (Fsp3) is 0.333. The van der Waals surface area contributed by atoms with Crippen LogP contribution in [0.5, 0.6) is 5.75 Å². The molecule has 1 atom stereocenters. The summed E-state index contributed by atoms with van der Waals surface area (Å²) >= 11 is 0. The van der Waals surface area contributed by atoms with E-state index in [2.05, 4.69) is 15.4 Å². The second kappa shape index (κ2) is 9.51. The highest BCUT2D eigenvalue weighted by molar-refractivity contribution is 5.96. The molecule has 0 aliphatic rings. The molecule has 0 unspecified atom stereocenters. The van der Waals surface area contributed by atoms with Gasteiger partial charge in [0, 0.05) is 12.1 Å². The average Bonchev–Trinajstić information content (AvgIpc) is 2.61. The van der Waals surface area contributed by atoms with E-state index in [1.165, 1.54) is 12.1 Å². The lowest BCUT2D eigenvalue weighted by atomic mass is 10.1. The highest BCUT2D eigenvalue weighted by Gasteiger charge is 2.31. The second-order valence-corrected chi connectivity index (χ2v) is 7.45. The zero-order valence-corrected chi connectivity index (χ0v) is 16.7. The lowest BCUT2D eigenvalue weighted by molar-refractivity contribution is -0.274. The average molecular weight is 424 g/mol. The van der Waals surface area contributed by atoms with E-state index in [9.17, 15) is 22.8 Å². The van der Waals surface area contributed by atoms with Crippen LogP contribution in [0.15, 0.2) is 54.6 Å². The van der Waals surface area contributed by atoms with Crippen LogP contribution < -0.4 is 15.4 Å². The Bertz CT molecular complexity index is 847. The molecule has 0 heterocycles. The number of halogens is 3. The van der Waals surface area contributed by atoms with Crippen LogP contribution in [0.4, 0.5) is 23.7 Å². The molecule has 0 fully saturated rings. The summed E-state index contributed by atoms with van der Waals surface area (Å²) in [4.78, 5) is 24.9. The molecule has 6 nitrogen and oxygen atoms in total. The molecule has 162 valence electrons. The molecule has 2 amide bonds. The molecular weight excluding hydrogens is 401 g/mol. The van der Waals surface area contributed by atoms with Gasteiger partial charge in [0.05, 0.1) is 0 Å². The quantitative estimate of drug-likeness (QED) is 0.707. The standard InChI is InChI=1S/C21H23F3N2O4/c1-20(2,3)30-19(28)26-17(13-14-7-5-4-6-8-14)18(27)25-15-9-11-16(12-10-15)29-21(22,23)24/h4-12,17H,13H2,1-3H3,(H,25,27)(H,26,28)/t17-/m0/s1. The molecule has 2 rings (SSSR count). The summed E-state index contributed by atoms with van der Waals surface area (Å²) in [6.45, 7) is 5.09. The fourth-order valence-electron chi connectivity index (χ4n) is 2.48. The van der Waals surface area contributed by atoms with Gasteiger partial charge in [0.2, 0.25) is 5.91 Å². The SMILES string of the molecule is CC(C)(C)OC(=O)N[C@@H](Cc1ccccc1)C(=O)Nc1ccc(OC(F)(F)F)cc1. The zero-order valence-electron chi connectivity index (χ0n) is 16.7. The molecule has 2 N–H and O–H groups in total. The number of carbonyl (C=O) groups is 2. The predicted molar refractivity (Wildman–Crippen MR) is 105 cm³/mol. The van der Waals surface area contributed by atoms with E-state index in [0.29, 0.717) is 0 Å². The minimum Gasteiger partial charge on any atom is -0.444 e. The third-order valence-corrected chi connectivity index (χ3v) is 3.65. The van der Waals surface area contributed by atoms with Crippen molar-refractivity contribution in [2.24, 2.45) is 0 Å². The van der Waals surface area contributed by atoms with Crippen LogP contribution in [0.25, 0.3) is 0 Å². The Morgan fingerprint density at radius 2 is 1.57 bits per heavy atom. The van der Waals surface area contributed by atoms with Crippen LogP contribution in [-0.2, 0) is 16.0 Å². The molecule has 30 heavy (non-hydrogen) atoms. The van der Waals surface area contributed by atoms with E-state index in [1.807, 2.05) is 6.07 Å². The number of rotatable bonds is 6. The number of carbonyl (C=O) groups excluding carboxylic acids is 2. The van der Waals surface area contributed by atoms with Crippen LogP contribution in [-0.4, -0.2) is 30.0 Å². The lowest BCUT2D eigenvalue weighted by Crippen LogP contribution is -2.47. The number of nitrogens with one attached hydrogen (secondary N) is 2. The lowest BCUT2D eigenvalue weighted by Gasteiger charge is -2.23. The molecule has 0 saturated carbocycles. The first kappa shape index (κ1) is 23.1. The number of hydrogen-bond acceptors (Lipinski definition) is 4. The molecule has 0 bridgehead atoms. The summed E-state index contributed by atoms with van der Waals surface area (Å²) in [5.74, 6) is -0.956. The largest absolute Gasteiger partial charge is 0.573 e. The Labute approximate surface area is 172 Å². The summed E-state index contributed by atoms with van der Waals surface area (Å²) in [6, 6.07) is 12.8. The Kier molecular flexibility index (Phi) is 7.31. The maximum Gasteiger partial charge on any atom is 0.573 e. The van der Waals surface area contributed by atoms with Crippen molar-refractivity contribution in [2.75, 3.05) is 5.32 Å². The van der Waals surface area contributed by atoms with Gasteiger partial charge in [-0.1, -0.05) is 30.3 Å². The number of benzene rings is 2. The first-order chi connectivity index (χ1) is 13.9. The number of alkyl halides is 3. The van der Waals surface area contributed by atoms with Gasteiger partial charge < -0.3 is 20.1 Å². The molecule has 2 aromatic carbocycles. The maximum atomic E-state index is 12.7. The van der Waals surface area contributed by atoms with E-state index in [0.717, 1.165) is 17.7 Å². The van der Waals surface area contributed by atoms with Crippen molar-refractivity contribution >= 4 is 17.7 Å². The van der Waals surface area contributed by atoms with Crippen LogP contribution in [0.3, 0.4) is 0 Å². The van der Waals surface area contributed by atoms with E-state index in [-0.39, 0.29) is 12.1 Å². The topological polar surface area (TPSA) is 76.7 Å². The molecule has 2 aromatic rings. The van der Waals surface area contributed by atoms with Crippen molar-refractivity contribution in [1.29, 1.82) is 0 Å². The molecule has 0 aliphatic heterocycles. The highest BCUT2D eigenvalue weighted by atomic mass is 19.4. The van der Waals surface area contributed by atoms with Gasteiger partial charge >= 0.3 is 12.5 Å². The number of anilines is 1. The third-order valence-electron chi connectivity index (χ3n) is 3.65. The fourth-order valence-corrected chi connectivity index (χ4v) is 2.48. The molecule has 0 saturated heterocycles. The van der Waals surface area contributed by atoms with Crippen LogP contribution in [0.1, 0.15) is 26.3 Å². The normalized spacial score (nSPS) is 12.6. The van der Waals surface area contributed by atoms with Gasteiger partial charge in [-0.25, -0.2) is 4.79 Å². The summed E-state index contributed by atoms with van der Waals surface area (Å²) in [5, 5.41) is 5.11. The van der Waals surface area contributed by atoms with Crippen molar-refractivity contribution < 1.29 is 32.2 Å². The van der Waals surface area contributed by atoms with Crippen LogP contribution >= 0.6 is 0 Å². The van der Waals surface area contributed by atoms with E-state index >= 15 is 0 Å². The summed E-state index contributed by atoms with van der Waals surface area (Å²) in [6.07, 6.45) is -5.36. The zero-order chi connectivity index (χ0) is 22.4. The Morgan fingerprint density at radius 1 is 0.967 bits per heavy atom. The van der Waals surface area contributed by atoms with Crippen molar-refractivity contribution in [1.82, 2.24) is 5.32 Å². The highest BCUT2D eigenvalue weighted by Crippen LogP contribution is 2.24. The summed E-state index contributed by atoms with van der Waals surface area (Å²) in [7, 11) is 0. The third kappa shape index (κ3) is 8.42. The smallest absolute Gasteiger partial charge is 0.444 e. The van der Waals surface area contributed by atoms with E-state index < -0.39 is 35.8 Å². The Balaban J connectivity index is 2.10. The summed E-state index contributed by atoms with van der Waals surface area (Å²) in [5.41, 5.74) is 0.313. The summed E-state index contributed by atoms with van der Waals surface area (Å²) < 4.78 is 45.8. The second-order valence-electron chi connectivity index (χ2n) is 7.45. The van der Waals surface area contributed by atoms with Gasteiger partial charge in [-0.15, -0.1) is 13.2 Å². The van der Waals surface area contributed by atoms with Gasteiger partial charge in [-0.2, -0.15) is 0 Å². The van der Waals surface area contributed by atoms with E-state index in [1.54, 1.807) is 45.0 Å². The van der Waals surface area contributed by atoms with Crippen LogP contribution in [0.2, 0.25) is 0 Å². The van der Waals surface area contributed by atoms with Gasteiger partial charge in [0.1, 0.15) is 17.4 Å². The molecule has 0 aromatic heterocycles. The van der Waals surface area contributed by atoms with Gasteiger partial charge in [-0.3, -0.25) is 4.79 Å². The molecule has 0 aliphatic carbocycles. The number of amides is 2. The minimum absolute atomic E-state index is 0.196. The maximum absolute atomic E-state index is 12.7. The molecule has 9 heteroatoms. The Hall–Kier alpha value is -3.23. The molecule has 0 spiro atoms. The minimum atomic E-state index is -4.80. The van der Waals surface area contributed by atoms with Gasteiger partial charge in [-0.05, 0) is 50.6 Å². The van der Waals surface area contributed by atoms with Crippen molar-refractivity contribution in [3.05, 3.63) is 60.2 Å². The first-order valence-corrected chi connectivity index (χ1v) is 9.11. The van der Waals surface area contributed by atoms with Crippen LogP contribution in [0, 0.1) is 0 Å². The van der Waals surface area contributed by atoms with Gasteiger partial charge in [0.15, 0.2) is 0 Å². The van der Waals surface area contributed by atoms with Gasteiger partial charge in [0.25, 0.3) is 0 Å². The monoisotopic (exact) mass is 424 g/mol. The van der Waals surface area contributed by atoms with Crippen molar-refractivity contribution in [3.8, 4) is 5.75 Å². The van der Waals surface area contributed by atoms with Crippen molar-refractivity contribution in [3.63, 3.8) is 0 Å². The Morgan fingerprint density at radius 3 is 2.10 bits per heavy atom. The van der Waals surface area contributed by atoms with Crippen molar-refractivity contribution in [2.45, 2.75) is 45.2 Å². The number of hydrogen-bond donors (Lipinski definition) is 2. The predicted octanol–water partition coefficient (Wildman–Crippen LogP) is 4.66. The van der Waals surface area contributed by atoms with E-state index in [4.69, 9.17) is 4.74 Å². The number of ether oxygens (including phenoxy) is 2.